The smallest absolute Gasteiger partial charge is 0.0555 e. The Morgan fingerprint density at radius 3 is 2.93 bits per heavy atom. The molecular formula is C11H21NO2. The van der Waals surface area contributed by atoms with E-state index in [1.54, 1.807) is 0 Å². The lowest BCUT2D eigenvalue weighted by Crippen LogP contribution is -2.38. The Morgan fingerprint density at radius 2 is 2.21 bits per heavy atom. The van der Waals surface area contributed by atoms with E-state index in [1.165, 1.54) is 19.3 Å². The second-order valence-electron chi connectivity index (χ2n) is 4.66. The number of nitrogens with one attached hydrogen (secondary N) is 1. The lowest BCUT2D eigenvalue weighted by molar-refractivity contribution is 0.110. The summed E-state index contributed by atoms with van der Waals surface area (Å²) in [7, 11) is 0. The molecule has 1 saturated heterocycles. The van der Waals surface area contributed by atoms with E-state index in [0.29, 0.717) is 12.0 Å². The van der Waals surface area contributed by atoms with Crippen LogP contribution in [0.2, 0.25) is 0 Å². The molecule has 3 nitrogen and oxygen atoms in total. The van der Waals surface area contributed by atoms with Crippen molar-refractivity contribution < 1.29 is 9.84 Å². The molecular weight excluding hydrogens is 178 g/mol. The predicted molar refractivity (Wildman–Crippen MR) is 55.2 cm³/mol. The molecule has 0 amide bonds. The number of rotatable bonds is 3. The minimum Gasteiger partial charge on any atom is -0.393 e. The SMILES string of the molecule is OC1CCCC(NCC2CCOC2)C1. The Kier molecular flexibility index (Phi) is 3.79. The summed E-state index contributed by atoms with van der Waals surface area (Å²) in [6.07, 6.45) is 5.45. The molecule has 0 aromatic rings. The molecule has 2 rings (SSSR count). The molecule has 2 aliphatic rings. The van der Waals surface area contributed by atoms with E-state index in [0.717, 1.165) is 32.6 Å². The molecule has 0 bridgehead atoms. The van der Waals surface area contributed by atoms with Crippen molar-refractivity contribution in [3.8, 4) is 0 Å². The van der Waals surface area contributed by atoms with Crippen molar-refractivity contribution in [3.63, 3.8) is 0 Å². The van der Waals surface area contributed by atoms with Crippen LogP contribution in [0, 0.1) is 5.92 Å². The first-order valence-electron chi connectivity index (χ1n) is 5.84. The number of aliphatic hydroxyl groups excluding tert-OH is 1. The summed E-state index contributed by atoms with van der Waals surface area (Å²) in [6.45, 7) is 2.92. The van der Waals surface area contributed by atoms with Crippen LogP contribution in [0.1, 0.15) is 32.1 Å². The quantitative estimate of drug-likeness (QED) is 0.710. The van der Waals surface area contributed by atoms with Crippen molar-refractivity contribution in [2.24, 2.45) is 5.92 Å². The number of aliphatic hydroxyl groups is 1. The van der Waals surface area contributed by atoms with Gasteiger partial charge in [-0.2, -0.15) is 0 Å². The van der Waals surface area contributed by atoms with Crippen molar-refractivity contribution in [2.45, 2.75) is 44.2 Å². The van der Waals surface area contributed by atoms with E-state index in [-0.39, 0.29) is 6.10 Å². The van der Waals surface area contributed by atoms with Crippen molar-refractivity contribution in [1.29, 1.82) is 0 Å². The Bertz CT molecular complexity index is 169. The molecule has 0 spiro atoms. The van der Waals surface area contributed by atoms with Gasteiger partial charge in [-0.25, -0.2) is 0 Å². The molecule has 0 radical (unpaired) electrons. The topological polar surface area (TPSA) is 41.5 Å². The number of hydrogen-bond acceptors (Lipinski definition) is 3. The average Bonchev–Trinajstić information content (AvgIpc) is 2.67. The molecule has 2 fully saturated rings. The largest absolute Gasteiger partial charge is 0.393 e. The van der Waals surface area contributed by atoms with Crippen molar-refractivity contribution >= 4 is 0 Å². The summed E-state index contributed by atoms with van der Waals surface area (Å²) >= 11 is 0. The van der Waals surface area contributed by atoms with Crippen LogP contribution >= 0.6 is 0 Å². The maximum atomic E-state index is 9.51. The van der Waals surface area contributed by atoms with Gasteiger partial charge in [-0.15, -0.1) is 0 Å². The predicted octanol–water partition coefficient (Wildman–Crippen LogP) is 0.916. The van der Waals surface area contributed by atoms with Gasteiger partial charge in [-0.3, -0.25) is 0 Å². The van der Waals surface area contributed by atoms with Crippen molar-refractivity contribution in [2.75, 3.05) is 19.8 Å². The van der Waals surface area contributed by atoms with Crippen molar-refractivity contribution in [1.82, 2.24) is 5.32 Å². The third-order valence-corrected chi connectivity index (χ3v) is 3.37. The Morgan fingerprint density at radius 1 is 1.29 bits per heavy atom. The minimum absolute atomic E-state index is 0.0684. The fraction of sp³-hybridized carbons (Fsp3) is 1.00. The first kappa shape index (κ1) is 10.4. The van der Waals surface area contributed by atoms with Gasteiger partial charge in [0.2, 0.25) is 0 Å². The van der Waals surface area contributed by atoms with Gasteiger partial charge in [0.25, 0.3) is 0 Å². The van der Waals surface area contributed by atoms with Gasteiger partial charge in [0.05, 0.1) is 12.7 Å². The highest BCUT2D eigenvalue weighted by molar-refractivity contribution is 4.79. The second kappa shape index (κ2) is 5.10. The molecule has 14 heavy (non-hydrogen) atoms. The van der Waals surface area contributed by atoms with Gasteiger partial charge in [0.1, 0.15) is 0 Å². The second-order valence-corrected chi connectivity index (χ2v) is 4.66. The molecule has 3 atom stereocenters. The third kappa shape index (κ3) is 2.94. The molecule has 3 heteroatoms. The summed E-state index contributed by atoms with van der Waals surface area (Å²) in [5.74, 6) is 0.703. The zero-order valence-electron chi connectivity index (χ0n) is 8.74. The summed E-state index contributed by atoms with van der Waals surface area (Å²) in [4.78, 5) is 0. The van der Waals surface area contributed by atoms with Gasteiger partial charge in [-0.05, 0) is 38.0 Å². The third-order valence-electron chi connectivity index (χ3n) is 3.37. The summed E-state index contributed by atoms with van der Waals surface area (Å²) in [6, 6.07) is 0.541. The Labute approximate surface area is 85.8 Å². The van der Waals surface area contributed by atoms with Crippen LogP contribution in [0.5, 0.6) is 0 Å². The van der Waals surface area contributed by atoms with Crippen LogP contribution in [-0.4, -0.2) is 37.0 Å². The van der Waals surface area contributed by atoms with Gasteiger partial charge < -0.3 is 15.2 Å². The molecule has 2 N–H and O–H groups in total. The standard InChI is InChI=1S/C11H21NO2/c13-11-3-1-2-10(6-11)12-7-9-4-5-14-8-9/h9-13H,1-8H2. The van der Waals surface area contributed by atoms with E-state index in [1.807, 2.05) is 0 Å². The zero-order valence-corrected chi connectivity index (χ0v) is 8.74. The molecule has 1 aliphatic carbocycles. The Hall–Kier alpha value is -0.120. The zero-order chi connectivity index (χ0) is 9.80. The first-order valence-corrected chi connectivity index (χ1v) is 5.84. The van der Waals surface area contributed by atoms with Gasteiger partial charge in [0.15, 0.2) is 0 Å². The number of hydrogen-bond donors (Lipinski definition) is 2. The van der Waals surface area contributed by atoms with Crippen LogP contribution in [0.15, 0.2) is 0 Å². The average molecular weight is 199 g/mol. The monoisotopic (exact) mass is 199 g/mol. The minimum atomic E-state index is -0.0684. The lowest BCUT2D eigenvalue weighted by Gasteiger charge is -2.27. The number of ether oxygens (including phenoxy) is 1. The fourth-order valence-electron chi connectivity index (χ4n) is 2.43. The normalized spacial score (nSPS) is 38.8. The summed E-state index contributed by atoms with van der Waals surface area (Å²) in [5.41, 5.74) is 0. The van der Waals surface area contributed by atoms with E-state index in [2.05, 4.69) is 5.32 Å². The first-order chi connectivity index (χ1) is 6.84. The molecule has 1 aliphatic heterocycles. The fourth-order valence-corrected chi connectivity index (χ4v) is 2.43. The highest BCUT2D eigenvalue weighted by Crippen LogP contribution is 2.19. The summed E-state index contributed by atoms with van der Waals surface area (Å²) < 4.78 is 5.33. The summed E-state index contributed by atoms with van der Waals surface area (Å²) in [5, 5.41) is 13.1. The molecule has 1 saturated carbocycles. The van der Waals surface area contributed by atoms with Gasteiger partial charge in [0, 0.05) is 19.2 Å². The van der Waals surface area contributed by atoms with Gasteiger partial charge >= 0.3 is 0 Å². The van der Waals surface area contributed by atoms with E-state index in [9.17, 15) is 5.11 Å². The molecule has 3 unspecified atom stereocenters. The van der Waals surface area contributed by atoms with Gasteiger partial charge in [-0.1, -0.05) is 0 Å². The molecule has 0 aromatic heterocycles. The molecule has 1 heterocycles. The van der Waals surface area contributed by atoms with E-state index < -0.39 is 0 Å². The molecule has 82 valence electrons. The highest BCUT2D eigenvalue weighted by atomic mass is 16.5. The van der Waals surface area contributed by atoms with Crippen LogP contribution < -0.4 is 5.32 Å². The van der Waals surface area contributed by atoms with Crippen LogP contribution in [0.25, 0.3) is 0 Å². The highest BCUT2D eigenvalue weighted by Gasteiger charge is 2.22. The maximum Gasteiger partial charge on any atom is 0.0555 e. The van der Waals surface area contributed by atoms with Crippen LogP contribution in [0.3, 0.4) is 0 Å². The molecule has 0 aromatic carbocycles. The Balaban J connectivity index is 1.64. The van der Waals surface area contributed by atoms with Crippen LogP contribution in [-0.2, 0) is 4.74 Å². The maximum absolute atomic E-state index is 9.51. The van der Waals surface area contributed by atoms with Crippen LogP contribution in [0.4, 0.5) is 0 Å². The lowest BCUT2D eigenvalue weighted by atomic mass is 9.92. The van der Waals surface area contributed by atoms with E-state index in [4.69, 9.17) is 4.74 Å². The van der Waals surface area contributed by atoms with E-state index >= 15 is 0 Å². The van der Waals surface area contributed by atoms with Crippen molar-refractivity contribution in [3.05, 3.63) is 0 Å².